The summed E-state index contributed by atoms with van der Waals surface area (Å²) in [7, 11) is 0. The fourth-order valence-electron chi connectivity index (χ4n) is 2.31. The number of amides is 1. The Morgan fingerprint density at radius 1 is 1.37 bits per heavy atom. The van der Waals surface area contributed by atoms with Gasteiger partial charge in [0.05, 0.1) is 10.8 Å². The van der Waals surface area contributed by atoms with E-state index in [1.807, 2.05) is 32.0 Å². The van der Waals surface area contributed by atoms with Gasteiger partial charge in [0.2, 0.25) is 5.91 Å². The molecule has 1 amide bonds. The molecule has 4 nitrogen and oxygen atoms in total. The molecule has 1 aliphatic rings. The average molecular weight is 261 g/mol. The minimum Gasteiger partial charge on any atom is -0.481 e. The van der Waals surface area contributed by atoms with Crippen molar-refractivity contribution in [3.05, 3.63) is 29.3 Å². The van der Waals surface area contributed by atoms with Gasteiger partial charge in [0.15, 0.2) is 0 Å². The maximum absolute atomic E-state index is 11.9. The number of carboxylic acid groups (broad SMARTS) is 1. The van der Waals surface area contributed by atoms with Gasteiger partial charge in [-0.2, -0.15) is 0 Å². The molecule has 0 unspecified atom stereocenters. The molecule has 0 aromatic heterocycles. The fraction of sp³-hybridized carbons (Fsp3) is 0.467. The van der Waals surface area contributed by atoms with E-state index < -0.39 is 16.8 Å². The van der Waals surface area contributed by atoms with Crippen LogP contribution in [0.2, 0.25) is 0 Å². The van der Waals surface area contributed by atoms with Crippen LogP contribution in [0.5, 0.6) is 0 Å². The summed E-state index contributed by atoms with van der Waals surface area (Å²) in [5, 5.41) is 12.0. The molecule has 4 heteroatoms. The first kappa shape index (κ1) is 13.6. The van der Waals surface area contributed by atoms with Gasteiger partial charge in [0.25, 0.3) is 0 Å². The van der Waals surface area contributed by atoms with Gasteiger partial charge in [0.1, 0.15) is 0 Å². The van der Waals surface area contributed by atoms with Crippen molar-refractivity contribution in [3.8, 4) is 0 Å². The zero-order chi connectivity index (χ0) is 14.4. The summed E-state index contributed by atoms with van der Waals surface area (Å²) < 4.78 is 0. The monoisotopic (exact) mass is 261 g/mol. The summed E-state index contributed by atoms with van der Waals surface area (Å²) in [4.78, 5) is 23.0. The lowest BCUT2D eigenvalue weighted by Crippen LogP contribution is -2.27. The van der Waals surface area contributed by atoms with Crippen LogP contribution in [-0.4, -0.2) is 17.0 Å². The number of hydrogen-bond donors (Lipinski definition) is 2. The predicted octanol–water partition coefficient (Wildman–Crippen LogP) is 2.57. The van der Waals surface area contributed by atoms with Crippen LogP contribution in [-0.2, 0) is 21.4 Å². The van der Waals surface area contributed by atoms with Crippen molar-refractivity contribution in [2.24, 2.45) is 5.41 Å². The zero-order valence-corrected chi connectivity index (χ0v) is 11.7. The van der Waals surface area contributed by atoms with E-state index in [1.165, 1.54) is 0 Å². The Balaban J connectivity index is 2.36. The molecule has 0 saturated heterocycles. The van der Waals surface area contributed by atoms with Gasteiger partial charge in [-0.3, -0.25) is 9.59 Å². The van der Waals surface area contributed by atoms with Crippen LogP contribution in [0.3, 0.4) is 0 Å². The Hall–Kier alpha value is -1.84. The highest BCUT2D eigenvalue weighted by atomic mass is 16.4. The number of carbonyl (C=O) groups is 2. The van der Waals surface area contributed by atoms with Crippen molar-refractivity contribution in [1.29, 1.82) is 0 Å². The van der Waals surface area contributed by atoms with Crippen LogP contribution < -0.4 is 5.32 Å². The molecule has 0 fully saturated rings. The summed E-state index contributed by atoms with van der Waals surface area (Å²) in [5.74, 6) is -0.835. The molecule has 2 N–H and O–H groups in total. The molecule has 0 radical (unpaired) electrons. The van der Waals surface area contributed by atoms with Crippen LogP contribution in [0.15, 0.2) is 18.2 Å². The number of nitrogens with one attached hydrogen (secondary N) is 1. The molecule has 102 valence electrons. The van der Waals surface area contributed by atoms with Gasteiger partial charge in [-0.15, -0.1) is 0 Å². The van der Waals surface area contributed by atoms with Crippen molar-refractivity contribution in [3.63, 3.8) is 0 Å². The van der Waals surface area contributed by atoms with E-state index >= 15 is 0 Å². The van der Waals surface area contributed by atoms with Crippen LogP contribution in [0.25, 0.3) is 0 Å². The number of fused-ring (bicyclic) bond motifs is 1. The molecular weight excluding hydrogens is 242 g/mol. The zero-order valence-electron chi connectivity index (χ0n) is 11.7. The molecule has 0 spiro atoms. The van der Waals surface area contributed by atoms with E-state index in [4.69, 9.17) is 0 Å². The van der Waals surface area contributed by atoms with Crippen LogP contribution in [0, 0.1) is 5.41 Å². The number of benzene rings is 1. The average Bonchev–Trinajstić information content (AvgIpc) is 2.50. The van der Waals surface area contributed by atoms with Crippen molar-refractivity contribution in [1.82, 2.24) is 0 Å². The summed E-state index contributed by atoms with van der Waals surface area (Å²) in [6, 6.07) is 5.68. The molecule has 1 aromatic rings. The number of hydrogen-bond acceptors (Lipinski definition) is 2. The smallest absolute Gasteiger partial charge is 0.309 e. The van der Waals surface area contributed by atoms with Crippen molar-refractivity contribution >= 4 is 17.6 Å². The molecule has 1 aliphatic heterocycles. The lowest BCUT2D eigenvalue weighted by molar-refractivity contribution is -0.146. The third-order valence-electron chi connectivity index (χ3n) is 3.80. The van der Waals surface area contributed by atoms with Gasteiger partial charge < -0.3 is 10.4 Å². The summed E-state index contributed by atoms with van der Waals surface area (Å²) >= 11 is 0. The largest absolute Gasteiger partial charge is 0.481 e. The minimum absolute atomic E-state index is 0.0165. The quantitative estimate of drug-likeness (QED) is 0.878. The van der Waals surface area contributed by atoms with Crippen molar-refractivity contribution in [2.45, 2.75) is 39.5 Å². The van der Waals surface area contributed by atoms with Gasteiger partial charge >= 0.3 is 5.97 Å². The number of carbonyl (C=O) groups excluding carboxylic acids is 1. The first-order chi connectivity index (χ1) is 8.64. The van der Waals surface area contributed by atoms with E-state index in [-0.39, 0.29) is 5.91 Å². The van der Waals surface area contributed by atoms with E-state index in [9.17, 15) is 14.7 Å². The van der Waals surface area contributed by atoms with Gasteiger partial charge in [0, 0.05) is 5.69 Å². The molecule has 0 atom stereocenters. The Morgan fingerprint density at radius 3 is 2.58 bits per heavy atom. The SMILES string of the molecule is CC(C)(Cc1ccc2c(c1)C(C)(C)C(=O)N2)C(=O)O. The molecule has 0 saturated carbocycles. The highest BCUT2D eigenvalue weighted by molar-refractivity contribution is 6.05. The Morgan fingerprint density at radius 2 is 2.00 bits per heavy atom. The topological polar surface area (TPSA) is 66.4 Å². The van der Waals surface area contributed by atoms with E-state index in [1.54, 1.807) is 13.8 Å². The molecule has 0 bridgehead atoms. The summed E-state index contributed by atoms with van der Waals surface area (Å²) in [5.41, 5.74) is 1.34. The number of rotatable bonds is 3. The Kier molecular flexibility index (Phi) is 2.92. The standard InChI is InChI=1S/C15H19NO3/c1-14(2,13(18)19)8-9-5-6-11-10(7-9)15(3,4)12(17)16-11/h5-7H,8H2,1-4H3,(H,16,17)(H,18,19). The highest BCUT2D eigenvalue weighted by Crippen LogP contribution is 2.38. The second kappa shape index (κ2) is 4.08. The highest BCUT2D eigenvalue weighted by Gasteiger charge is 2.38. The molecular formula is C15H19NO3. The fourth-order valence-corrected chi connectivity index (χ4v) is 2.31. The summed E-state index contributed by atoms with van der Waals surface area (Å²) in [6.45, 7) is 7.16. The third-order valence-corrected chi connectivity index (χ3v) is 3.80. The van der Waals surface area contributed by atoms with Crippen molar-refractivity contribution in [2.75, 3.05) is 5.32 Å². The van der Waals surface area contributed by atoms with Crippen LogP contribution >= 0.6 is 0 Å². The number of aliphatic carboxylic acids is 1. The molecule has 1 aromatic carbocycles. The Labute approximate surface area is 112 Å². The molecule has 19 heavy (non-hydrogen) atoms. The van der Waals surface area contributed by atoms with Crippen LogP contribution in [0.4, 0.5) is 5.69 Å². The van der Waals surface area contributed by atoms with Gasteiger partial charge in [-0.25, -0.2) is 0 Å². The normalized spacial score (nSPS) is 16.9. The first-order valence-corrected chi connectivity index (χ1v) is 6.33. The van der Waals surface area contributed by atoms with Crippen molar-refractivity contribution < 1.29 is 14.7 Å². The van der Waals surface area contributed by atoms with Gasteiger partial charge in [-0.05, 0) is 51.3 Å². The molecule has 1 heterocycles. The van der Waals surface area contributed by atoms with Gasteiger partial charge in [-0.1, -0.05) is 12.1 Å². The second-order valence-electron chi connectivity index (χ2n) is 6.32. The van der Waals surface area contributed by atoms with E-state index in [0.29, 0.717) is 6.42 Å². The lowest BCUT2D eigenvalue weighted by atomic mass is 9.82. The lowest BCUT2D eigenvalue weighted by Gasteiger charge is -2.21. The number of anilines is 1. The Bertz CT molecular complexity index is 559. The number of carboxylic acids is 1. The van der Waals surface area contributed by atoms with Crippen LogP contribution in [0.1, 0.15) is 38.8 Å². The third kappa shape index (κ3) is 2.23. The predicted molar refractivity (Wildman–Crippen MR) is 73.2 cm³/mol. The second-order valence-corrected chi connectivity index (χ2v) is 6.32. The first-order valence-electron chi connectivity index (χ1n) is 6.33. The minimum atomic E-state index is -0.818. The maximum Gasteiger partial charge on any atom is 0.309 e. The van der Waals surface area contributed by atoms with E-state index in [2.05, 4.69) is 5.32 Å². The summed E-state index contributed by atoms with van der Waals surface area (Å²) in [6.07, 6.45) is 0.444. The molecule has 2 rings (SSSR count). The maximum atomic E-state index is 11.9. The molecule has 0 aliphatic carbocycles. The van der Waals surface area contributed by atoms with E-state index in [0.717, 1.165) is 16.8 Å².